The number of hydrogen-bond donors (Lipinski definition) is 2. The summed E-state index contributed by atoms with van der Waals surface area (Å²) < 4.78 is 0. The highest BCUT2D eigenvalue weighted by molar-refractivity contribution is 6.33. The Hall–Kier alpha value is -3.26. The van der Waals surface area contributed by atoms with Gasteiger partial charge in [0.05, 0.1) is 11.1 Å². The van der Waals surface area contributed by atoms with Crippen LogP contribution < -0.4 is 10.7 Å². The summed E-state index contributed by atoms with van der Waals surface area (Å²) in [6.07, 6.45) is 3.06. The van der Waals surface area contributed by atoms with Crippen molar-refractivity contribution in [2.45, 2.75) is 12.8 Å². The van der Waals surface area contributed by atoms with Crippen LogP contribution in [0, 0.1) is 16.0 Å². The molecule has 0 atom stereocenters. The van der Waals surface area contributed by atoms with E-state index in [0.717, 1.165) is 12.8 Å². The monoisotopic (exact) mass is 386 g/mol. The number of nitrogens with zero attached hydrogens (tertiary/aromatic N) is 2. The van der Waals surface area contributed by atoms with Crippen molar-refractivity contribution in [2.75, 3.05) is 5.32 Å². The molecule has 8 nitrogen and oxygen atoms in total. The molecule has 1 fully saturated rings. The maximum atomic E-state index is 12.1. The number of nitro benzene ring substituents is 1. The zero-order valence-corrected chi connectivity index (χ0v) is 14.8. The van der Waals surface area contributed by atoms with E-state index in [1.807, 2.05) is 0 Å². The van der Waals surface area contributed by atoms with Crippen LogP contribution in [0.1, 0.15) is 28.8 Å². The number of halogens is 1. The molecule has 0 unspecified atom stereocenters. The van der Waals surface area contributed by atoms with Gasteiger partial charge in [-0.1, -0.05) is 11.6 Å². The molecule has 138 valence electrons. The van der Waals surface area contributed by atoms with Crippen LogP contribution >= 0.6 is 11.6 Å². The number of carbonyl (C=O) groups is 2. The molecule has 0 aliphatic heterocycles. The standard InChI is InChI=1S/C18H15ClN4O4/c19-16-8-7-15(23(26)27)9-13(16)10-20-22-18(25)12-3-5-14(6-4-12)21-17(24)11-1-2-11/h3-11H,1-2H2,(H,21,24)(H,22,25)/b20-10+. The normalized spacial score (nSPS) is 13.4. The molecule has 0 bridgehead atoms. The fraction of sp³-hybridized carbons (Fsp3) is 0.167. The van der Waals surface area contributed by atoms with Gasteiger partial charge in [0.15, 0.2) is 0 Å². The molecule has 2 aromatic rings. The van der Waals surface area contributed by atoms with Crippen LogP contribution in [0.25, 0.3) is 0 Å². The second-order valence-electron chi connectivity index (χ2n) is 6.00. The third kappa shape index (κ3) is 4.89. The van der Waals surface area contributed by atoms with Gasteiger partial charge < -0.3 is 5.32 Å². The van der Waals surface area contributed by atoms with Crippen molar-refractivity contribution in [1.29, 1.82) is 0 Å². The van der Waals surface area contributed by atoms with Gasteiger partial charge in [-0.05, 0) is 43.2 Å². The Kier molecular flexibility index (Phi) is 5.46. The maximum absolute atomic E-state index is 12.1. The van der Waals surface area contributed by atoms with E-state index in [9.17, 15) is 19.7 Å². The van der Waals surface area contributed by atoms with E-state index in [2.05, 4.69) is 15.8 Å². The Balaban J connectivity index is 1.60. The van der Waals surface area contributed by atoms with Crippen LogP contribution in [-0.4, -0.2) is 23.0 Å². The van der Waals surface area contributed by atoms with E-state index >= 15 is 0 Å². The van der Waals surface area contributed by atoms with E-state index in [1.165, 1.54) is 24.4 Å². The van der Waals surface area contributed by atoms with Gasteiger partial charge in [0.25, 0.3) is 11.6 Å². The summed E-state index contributed by atoms with van der Waals surface area (Å²) in [6, 6.07) is 10.3. The van der Waals surface area contributed by atoms with Crippen LogP contribution in [0.4, 0.5) is 11.4 Å². The molecule has 0 heterocycles. The number of nitro groups is 1. The SMILES string of the molecule is O=C(N/N=C/c1cc([N+](=O)[O-])ccc1Cl)c1ccc(NC(=O)C2CC2)cc1. The van der Waals surface area contributed by atoms with E-state index in [-0.39, 0.29) is 22.5 Å². The Morgan fingerprint density at radius 3 is 2.52 bits per heavy atom. The lowest BCUT2D eigenvalue weighted by molar-refractivity contribution is -0.384. The van der Waals surface area contributed by atoms with Crippen molar-refractivity contribution < 1.29 is 14.5 Å². The van der Waals surface area contributed by atoms with Crippen LogP contribution in [0.3, 0.4) is 0 Å². The molecule has 2 aromatic carbocycles. The molecule has 9 heteroatoms. The lowest BCUT2D eigenvalue weighted by Crippen LogP contribution is -2.18. The van der Waals surface area contributed by atoms with Crippen molar-refractivity contribution >= 4 is 41.0 Å². The number of non-ortho nitro benzene ring substituents is 1. The zero-order valence-electron chi connectivity index (χ0n) is 14.0. The van der Waals surface area contributed by atoms with Gasteiger partial charge in [-0.25, -0.2) is 5.43 Å². The zero-order chi connectivity index (χ0) is 19.4. The maximum Gasteiger partial charge on any atom is 0.271 e. The van der Waals surface area contributed by atoms with Gasteiger partial charge >= 0.3 is 0 Å². The number of hydrazone groups is 1. The number of amides is 2. The Morgan fingerprint density at radius 1 is 1.19 bits per heavy atom. The van der Waals surface area contributed by atoms with Crippen LogP contribution in [0.5, 0.6) is 0 Å². The van der Waals surface area contributed by atoms with E-state index in [0.29, 0.717) is 16.8 Å². The number of nitrogens with one attached hydrogen (secondary N) is 2. The van der Waals surface area contributed by atoms with Crippen LogP contribution in [0.2, 0.25) is 5.02 Å². The van der Waals surface area contributed by atoms with Gasteiger partial charge in [0.1, 0.15) is 0 Å². The molecule has 27 heavy (non-hydrogen) atoms. The van der Waals surface area contributed by atoms with Gasteiger partial charge in [-0.15, -0.1) is 0 Å². The second-order valence-corrected chi connectivity index (χ2v) is 6.41. The quantitative estimate of drug-likeness (QED) is 0.450. The molecule has 3 rings (SSSR count). The van der Waals surface area contributed by atoms with Gasteiger partial charge in [0, 0.05) is 39.9 Å². The van der Waals surface area contributed by atoms with Crippen LogP contribution in [-0.2, 0) is 4.79 Å². The van der Waals surface area contributed by atoms with E-state index < -0.39 is 10.8 Å². The van der Waals surface area contributed by atoms with Gasteiger partial charge in [0.2, 0.25) is 5.91 Å². The minimum absolute atomic E-state index is 0.00867. The summed E-state index contributed by atoms with van der Waals surface area (Å²) in [5, 5.41) is 17.6. The molecule has 0 aromatic heterocycles. The molecule has 0 spiro atoms. The van der Waals surface area contributed by atoms with Crippen molar-refractivity contribution in [2.24, 2.45) is 11.0 Å². The van der Waals surface area contributed by atoms with Crippen molar-refractivity contribution in [3.05, 3.63) is 68.7 Å². The minimum atomic E-state index is -0.546. The number of anilines is 1. The average molecular weight is 387 g/mol. The Labute approximate surface area is 159 Å². The summed E-state index contributed by atoms with van der Waals surface area (Å²) >= 11 is 5.96. The third-order valence-electron chi connectivity index (χ3n) is 3.92. The lowest BCUT2D eigenvalue weighted by Gasteiger charge is -2.05. The fourth-order valence-electron chi connectivity index (χ4n) is 2.26. The van der Waals surface area contributed by atoms with Crippen molar-refractivity contribution in [1.82, 2.24) is 5.43 Å². The van der Waals surface area contributed by atoms with Crippen LogP contribution in [0.15, 0.2) is 47.6 Å². The first-order chi connectivity index (χ1) is 12.9. The first-order valence-corrected chi connectivity index (χ1v) is 8.50. The molecular formula is C18H15ClN4O4. The molecule has 1 aliphatic carbocycles. The largest absolute Gasteiger partial charge is 0.326 e. The summed E-state index contributed by atoms with van der Waals surface area (Å²) in [4.78, 5) is 34.0. The number of hydrogen-bond acceptors (Lipinski definition) is 5. The summed E-state index contributed by atoms with van der Waals surface area (Å²) in [5.41, 5.74) is 3.48. The fourth-order valence-corrected chi connectivity index (χ4v) is 2.43. The molecule has 1 saturated carbocycles. The average Bonchev–Trinajstić information content (AvgIpc) is 3.49. The highest BCUT2D eigenvalue weighted by Crippen LogP contribution is 2.30. The Bertz CT molecular complexity index is 923. The highest BCUT2D eigenvalue weighted by Gasteiger charge is 2.29. The van der Waals surface area contributed by atoms with Gasteiger partial charge in [-0.2, -0.15) is 5.10 Å². The first-order valence-electron chi connectivity index (χ1n) is 8.12. The number of carbonyl (C=O) groups excluding carboxylic acids is 2. The predicted octanol–water partition coefficient (Wildman–Crippen LogP) is 3.36. The third-order valence-corrected chi connectivity index (χ3v) is 4.27. The molecule has 0 saturated heterocycles. The second kappa shape index (κ2) is 7.96. The minimum Gasteiger partial charge on any atom is -0.326 e. The molecular weight excluding hydrogens is 372 g/mol. The predicted molar refractivity (Wildman–Crippen MR) is 101 cm³/mol. The lowest BCUT2D eigenvalue weighted by atomic mass is 10.2. The van der Waals surface area contributed by atoms with Crippen molar-refractivity contribution in [3.8, 4) is 0 Å². The topological polar surface area (TPSA) is 114 Å². The number of rotatable bonds is 6. The smallest absolute Gasteiger partial charge is 0.271 e. The molecule has 0 radical (unpaired) electrons. The summed E-state index contributed by atoms with van der Waals surface area (Å²) in [7, 11) is 0. The summed E-state index contributed by atoms with van der Waals surface area (Å²) in [6.45, 7) is 0. The molecule has 2 amide bonds. The Morgan fingerprint density at radius 2 is 1.89 bits per heavy atom. The molecule has 2 N–H and O–H groups in total. The first kappa shape index (κ1) is 18.5. The highest BCUT2D eigenvalue weighted by atomic mass is 35.5. The van der Waals surface area contributed by atoms with Crippen molar-refractivity contribution in [3.63, 3.8) is 0 Å². The van der Waals surface area contributed by atoms with Gasteiger partial charge in [-0.3, -0.25) is 19.7 Å². The van der Waals surface area contributed by atoms with E-state index in [1.54, 1.807) is 24.3 Å². The summed E-state index contributed by atoms with van der Waals surface area (Å²) in [5.74, 6) is -0.374. The molecule has 1 aliphatic rings. The van der Waals surface area contributed by atoms with E-state index in [4.69, 9.17) is 11.6 Å². The number of benzene rings is 2.